The number of amides is 2. The van der Waals surface area contributed by atoms with Gasteiger partial charge in [0, 0.05) is 29.9 Å². The molecule has 1 aliphatic heterocycles. The molecule has 0 fully saturated rings. The van der Waals surface area contributed by atoms with Gasteiger partial charge in [0.15, 0.2) is 0 Å². The zero-order valence-electron chi connectivity index (χ0n) is 14.5. The highest BCUT2D eigenvalue weighted by Gasteiger charge is 2.62. The van der Waals surface area contributed by atoms with Crippen molar-refractivity contribution in [1.29, 1.82) is 0 Å². The van der Waals surface area contributed by atoms with E-state index in [1.54, 1.807) is 0 Å². The summed E-state index contributed by atoms with van der Waals surface area (Å²) < 4.78 is 44.3. The summed E-state index contributed by atoms with van der Waals surface area (Å²) in [5, 5.41) is 12.8. The molecule has 0 bridgehead atoms. The first-order chi connectivity index (χ1) is 12.5. The fourth-order valence-corrected chi connectivity index (χ4v) is 2.48. The molecule has 2 N–H and O–H groups in total. The number of halogens is 3. The van der Waals surface area contributed by atoms with Gasteiger partial charge in [-0.25, -0.2) is 4.79 Å². The second-order valence-electron chi connectivity index (χ2n) is 5.74. The lowest BCUT2D eigenvalue weighted by Gasteiger charge is -2.28. The Balaban J connectivity index is 2.23. The van der Waals surface area contributed by atoms with Crippen LogP contribution >= 0.6 is 0 Å². The quantitative estimate of drug-likeness (QED) is 0.748. The lowest BCUT2D eigenvalue weighted by Crippen LogP contribution is -2.50. The minimum absolute atomic E-state index is 0.00519. The van der Waals surface area contributed by atoms with E-state index in [1.807, 2.05) is 0 Å². The third kappa shape index (κ3) is 3.95. The molecular formula is C17H17F3N2O5. The summed E-state index contributed by atoms with van der Waals surface area (Å²) in [6.07, 6.45) is -4.09. The third-order valence-electron chi connectivity index (χ3n) is 3.86. The van der Waals surface area contributed by atoms with E-state index in [4.69, 9.17) is 0 Å². The Kier molecular flexibility index (Phi) is 5.59. The van der Waals surface area contributed by atoms with Crippen LogP contribution in [0, 0.1) is 0 Å². The minimum Gasteiger partial charge on any atom is -0.463 e. The predicted octanol–water partition coefficient (Wildman–Crippen LogP) is 1.68. The first kappa shape index (κ1) is 20.4. The number of carbonyl (C=O) groups excluding carboxylic acids is 3. The number of nitrogens with one attached hydrogen (secondary N) is 1. The summed E-state index contributed by atoms with van der Waals surface area (Å²) in [6, 6.07) is 4.25. The Morgan fingerprint density at radius 1 is 1.26 bits per heavy atom. The van der Waals surface area contributed by atoms with Crippen LogP contribution in [-0.2, 0) is 24.7 Å². The highest BCUT2D eigenvalue weighted by molar-refractivity contribution is 6.03. The molecule has 2 rings (SSSR count). The second-order valence-corrected chi connectivity index (χ2v) is 5.74. The van der Waals surface area contributed by atoms with Gasteiger partial charge in [-0.05, 0) is 19.1 Å². The van der Waals surface area contributed by atoms with Crippen molar-refractivity contribution in [3.63, 3.8) is 0 Å². The summed E-state index contributed by atoms with van der Waals surface area (Å²) in [4.78, 5) is 35.6. The van der Waals surface area contributed by atoms with E-state index in [2.05, 4.69) is 10.1 Å². The number of alkyl halides is 3. The molecular weight excluding hydrogens is 369 g/mol. The average molecular weight is 386 g/mol. The van der Waals surface area contributed by atoms with Gasteiger partial charge in [-0.15, -0.1) is 0 Å². The third-order valence-corrected chi connectivity index (χ3v) is 3.86. The van der Waals surface area contributed by atoms with Gasteiger partial charge in [0.1, 0.15) is 0 Å². The number of aliphatic hydroxyl groups is 1. The number of anilines is 1. The summed E-state index contributed by atoms with van der Waals surface area (Å²) in [5.41, 5.74) is -3.83. The molecule has 1 aliphatic rings. The van der Waals surface area contributed by atoms with Crippen molar-refractivity contribution in [2.75, 3.05) is 18.5 Å². The van der Waals surface area contributed by atoms with Gasteiger partial charge in [-0.1, -0.05) is 12.1 Å². The SMILES string of the molecule is CCOC(=O)[C@@](O)(c1ccc(NC2=CC(=O)N(C(C)=O)C2)cc1)C(F)(F)F. The van der Waals surface area contributed by atoms with Gasteiger partial charge in [0.05, 0.1) is 13.2 Å². The number of imide groups is 1. The standard InChI is InChI=1S/C17H17F3N2O5/c1-3-27-15(25)16(26,17(18,19)20)11-4-6-12(7-5-11)21-13-8-14(24)22(9-13)10(2)23/h4-8,21,26H,3,9H2,1-2H3/t16-/m0/s1. The molecule has 146 valence electrons. The Labute approximate surface area is 152 Å². The fourth-order valence-electron chi connectivity index (χ4n) is 2.48. The summed E-state index contributed by atoms with van der Waals surface area (Å²) in [5.74, 6) is -2.76. The molecule has 0 saturated heterocycles. The molecule has 1 atom stereocenters. The summed E-state index contributed by atoms with van der Waals surface area (Å²) in [6.45, 7) is 2.23. The van der Waals surface area contributed by atoms with Crippen molar-refractivity contribution < 1.29 is 37.4 Å². The van der Waals surface area contributed by atoms with Gasteiger partial charge >= 0.3 is 12.1 Å². The number of carbonyl (C=O) groups is 3. The maximum atomic E-state index is 13.3. The van der Waals surface area contributed by atoms with E-state index in [9.17, 15) is 32.7 Å². The normalized spacial score (nSPS) is 16.6. The largest absolute Gasteiger partial charge is 0.463 e. The van der Waals surface area contributed by atoms with Gasteiger partial charge in [-0.3, -0.25) is 14.5 Å². The molecule has 27 heavy (non-hydrogen) atoms. The lowest BCUT2D eigenvalue weighted by atomic mass is 9.93. The predicted molar refractivity (Wildman–Crippen MR) is 87.1 cm³/mol. The van der Waals surface area contributed by atoms with Crippen molar-refractivity contribution in [1.82, 2.24) is 4.90 Å². The van der Waals surface area contributed by atoms with Gasteiger partial charge in [0.25, 0.3) is 11.5 Å². The summed E-state index contributed by atoms with van der Waals surface area (Å²) >= 11 is 0. The molecule has 0 radical (unpaired) electrons. The zero-order valence-corrected chi connectivity index (χ0v) is 14.5. The smallest absolute Gasteiger partial charge is 0.432 e. The molecule has 7 nitrogen and oxygen atoms in total. The van der Waals surface area contributed by atoms with Crippen molar-refractivity contribution in [2.24, 2.45) is 0 Å². The van der Waals surface area contributed by atoms with Crippen LogP contribution in [0.1, 0.15) is 19.4 Å². The number of hydrogen-bond donors (Lipinski definition) is 2. The topological polar surface area (TPSA) is 95.9 Å². The van der Waals surface area contributed by atoms with E-state index < -0.39 is 35.1 Å². The van der Waals surface area contributed by atoms with E-state index in [-0.39, 0.29) is 13.2 Å². The molecule has 0 spiro atoms. The van der Waals surface area contributed by atoms with Gasteiger partial charge < -0.3 is 15.2 Å². The van der Waals surface area contributed by atoms with Crippen LogP contribution in [0.25, 0.3) is 0 Å². The van der Waals surface area contributed by atoms with E-state index in [0.717, 1.165) is 17.0 Å². The number of esters is 1. The Morgan fingerprint density at radius 2 is 1.85 bits per heavy atom. The zero-order chi connectivity index (χ0) is 20.4. The average Bonchev–Trinajstić information content (AvgIpc) is 2.94. The Morgan fingerprint density at radius 3 is 2.30 bits per heavy atom. The number of nitrogens with zero attached hydrogens (tertiary/aromatic N) is 1. The second kappa shape index (κ2) is 7.39. The van der Waals surface area contributed by atoms with Crippen LogP contribution < -0.4 is 5.32 Å². The first-order valence-electron chi connectivity index (χ1n) is 7.87. The van der Waals surface area contributed by atoms with E-state index in [0.29, 0.717) is 11.4 Å². The van der Waals surface area contributed by atoms with Crippen LogP contribution in [0.2, 0.25) is 0 Å². The maximum Gasteiger partial charge on any atom is 0.432 e. The summed E-state index contributed by atoms with van der Waals surface area (Å²) in [7, 11) is 0. The number of ether oxygens (including phenoxy) is 1. The lowest BCUT2D eigenvalue weighted by molar-refractivity contribution is -0.267. The minimum atomic E-state index is -5.28. The molecule has 0 aliphatic carbocycles. The van der Waals surface area contributed by atoms with Gasteiger partial charge in [0.2, 0.25) is 5.91 Å². The van der Waals surface area contributed by atoms with Crippen molar-refractivity contribution >= 4 is 23.5 Å². The number of benzene rings is 1. The molecule has 1 heterocycles. The molecule has 10 heteroatoms. The Hall–Kier alpha value is -2.88. The van der Waals surface area contributed by atoms with Crippen LogP contribution in [0.4, 0.5) is 18.9 Å². The first-order valence-corrected chi connectivity index (χ1v) is 7.87. The van der Waals surface area contributed by atoms with Crippen LogP contribution in [-0.4, -0.2) is 47.1 Å². The molecule has 1 aromatic rings. The molecule has 0 saturated carbocycles. The van der Waals surface area contributed by atoms with Crippen LogP contribution in [0.5, 0.6) is 0 Å². The Bertz CT molecular complexity index is 789. The van der Waals surface area contributed by atoms with Crippen LogP contribution in [0.15, 0.2) is 36.0 Å². The molecule has 2 amide bonds. The van der Waals surface area contributed by atoms with Crippen molar-refractivity contribution in [2.45, 2.75) is 25.6 Å². The highest BCUT2D eigenvalue weighted by atomic mass is 19.4. The number of hydrogen-bond acceptors (Lipinski definition) is 6. The molecule has 0 unspecified atom stereocenters. The van der Waals surface area contributed by atoms with Crippen molar-refractivity contribution in [3.05, 3.63) is 41.6 Å². The van der Waals surface area contributed by atoms with E-state index >= 15 is 0 Å². The fraction of sp³-hybridized carbons (Fsp3) is 0.353. The van der Waals surface area contributed by atoms with Gasteiger partial charge in [-0.2, -0.15) is 13.2 Å². The highest BCUT2D eigenvalue weighted by Crippen LogP contribution is 2.40. The van der Waals surface area contributed by atoms with E-state index in [1.165, 1.54) is 32.1 Å². The van der Waals surface area contributed by atoms with Crippen molar-refractivity contribution in [3.8, 4) is 0 Å². The maximum absolute atomic E-state index is 13.3. The van der Waals surface area contributed by atoms with Crippen LogP contribution in [0.3, 0.4) is 0 Å². The number of rotatable bonds is 5. The molecule has 0 aromatic heterocycles. The molecule has 1 aromatic carbocycles. The monoisotopic (exact) mass is 386 g/mol.